The normalized spacial score (nSPS) is 13.9. The number of nitrogens with zero attached hydrogens (tertiary/aromatic N) is 1. The zero-order valence-corrected chi connectivity index (χ0v) is 13.8. The van der Waals surface area contributed by atoms with Crippen LogP contribution in [0.3, 0.4) is 0 Å². The van der Waals surface area contributed by atoms with Crippen molar-refractivity contribution in [2.24, 2.45) is 0 Å². The van der Waals surface area contributed by atoms with Gasteiger partial charge in [-0.3, -0.25) is 14.5 Å². The molecule has 7 nitrogen and oxygen atoms in total. The topological polar surface area (TPSA) is 79.9 Å². The van der Waals surface area contributed by atoms with Gasteiger partial charge in [0.15, 0.2) is 11.5 Å². The van der Waals surface area contributed by atoms with Gasteiger partial charge in [-0.25, -0.2) is 0 Å². The van der Waals surface area contributed by atoms with Gasteiger partial charge < -0.3 is 20.1 Å². The number of methoxy groups -OCH3 is 2. The van der Waals surface area contributed by atoms with Gasteiger partial charge >= 0.3 is 0 Å². The van der Waals surface area contributed by atoms with Gasteiger partial charge in [-0.1, -0.05) is 0 Å². The molecule has 126 valence electrons. The van der Waals surface area contributed by atoms with Gasteiger partial charge in [0.25, 0.3) is 0 Å². The van der Waals surface area contributed by atoms with Crippen molar-refractivity contribution in [2.75, 3.05) is 40.9 Å². The molecular formula is C16H23N3O4. The Morgan fingerprint density at radius 1 is 1.13 bits per heavy atom. The summed E-state index contributed by atoms with van der Waals surface area (Å²) in [5.74, 6) is 1.05. The number of amides is 2. The van der Waals surface area contributed by atoms with E-state index in [1.54, 1.807) is 14.2 Å². The first-order valence-corrected chi connectivity index (χ1v) is 7.50. The van der Waals surface area contributed by atoms with Gasteiger partial charge in [-0.05, 0) is 29.7 Å². The Labute approximate surface area is 135 Å². The van der Waals surface area contributed by atoms with Crippen LogP contribution in [0, 0.1) is 0 Å². The van der Waals surface area contributed by atoms with E-state index < -0.39 is 0 Å². The quantitative estimate of drug-likeness (QED) is 0.766. The fourth-order valence-electron chi connectivity index (χ4n) is 2.60. The van der Waals surface area contributed by atoms with Crippen LogP contribution in [0.5, 0.6) is 11.5 Å². The third kappa shape index (κ3) is 4.35. The Balaban J connectivity index is 1.97. The van der Waals surface area contributed by atoms with E-state index in [0.717, 1.165) is 24.3 Å². The van der Waals surface area contributed by atoms with E-state index in [-0.39, 0.29) is 24.9 Å². The van der Waals surface area contributed by atoms with E-state index >= 15 is 0 Å². The van der Waals surface area contributed by atoms with Gasteiger partial charge in [0.2, 0.25) is 11.8 Å². The third-order valence-corrected chi connectivity index (χ3v) is 3.89. The maximum absolute atomic E-state index is 11.9. The van der Waals surface area contributed by atoms with E-state index in [2.05, 4.69) is 10.6 Å². The molecule has 2 N–H and O–H groups in total. The summed E-state index contributed by atoms with van der Waals surface area (Å²) in [5.41, 5.74) is 2.35. The second-order valence-electron chi connectivity index (χ2n) is 5.39. The van der Waals surface area contributed by atoms with Crippen molar-refractivity contribution in [2.45, 2.75) is 13.0 Å². The molecular weight excluding hydrogens is 298 g/mol. The molecule has 1 aliphatic heterocycles. The minimum atomic E-state index is -0.209. The molecule has 0 unspecified atom stereocenters. The Kier molecular flexibility index (Phi) is 5.81. The molecule has 0 atom stereocenters. The molecule has 23 heavy (non-hydrogen) atoms. The molecule has 1 heterocycles. The molecule has 0 bridgehead atoms. The highest BCUT2D eigenvalue weighted by Gasteiger charge is 2.21. The van der Waals surface area contributed by atoms with Gasteiger partial charge in [-0.15, -0.1) is 0 Å². The van der Waals surface area contributed by atoms with E-state index in [4.69, 9.17) is 9.47 Å². The van der Waals surface area contributed by atoms with Gasteiger partial charge in [0.1, 0.15) is 0 Å². The number of ether oxygens (including phenoxy) is 2. The van der Waals surface area contributed by atoms with Crippen molar-refractivity contribution in [1.29, 1.82) is 0 Å². The van der Waals surface area contributed by atoms with E-state index in [0.29, 0.717) is 12.3 Å². The lowest BCUT2D eigenvalue weighted by Gasteiger charge is -2.29. The lowest BCUT2D eigenvalue weighted by Crippen LogP contribution is -2.42. The summed E-state index contributed by atoms with van der Waals surface area (Å²) in [6.07, 6.45) is 0.846. The number of fused-ring (bicyclic) bond motifs is 1. The Morgan fingerprint density at radius 3 is 2.39 bits per heavy atom. The second kappa shape index (κ2) is 7.82. The number of rotatable bonds is 6. The fraction of sp³-hybridized carbons (Fsp3) is 0.500. The molecule has 0 spiro atoms. The molecule has 0 saturated carbocycles. The molecule has 2 amide bonds. The number of benzene rings is 1. The first-order chi connectivity index (χ1) is 11.1. The van der Waals surface area contributed by atoms with Crippen LogP contribution in [-0.2, 0) is 22.6 Å². The third-order valence-electron chi connectivity index (χ3n) is 3.89. The van der Waals surface area contributed by atoms with Crippen LogP contribution in [0.25, 0.3) is 0 Å². The predicted octanol–water partition coefficient (Wildman–Crippen LogP) is -0.0759. The van der Waals surface area contributed by atoms with Crippen molar-refractivity contribution in [3.05, 3.63) is 23.3 Å². The van der Waals surface area contributed by atoms with Crippen LogP contribution < -0.4 is 20.1 Å². The Hall–Kier alpha value is -2.28. The standard InChI is InChI=1S/C16H23N3O4/c1-17-15(20)8-18-16(21)10-19-5-4-11-6-13(22-2)14(23-3)7-12(11)9-19/h6-7H,4-5,8-10H2,1-3H3,(H,17,20)(H,18,21). The molecule has 1 aromatic rings. The molecule has 0 aliphatic carbocycles. The number of carbonyl (C=O) groups excluding carboxylic acids is 2. The van der Waals surface area contributed by atoms with Crippen LogP contribution >= 0.6 is 0 Å². The van der Waals surface area contributed by atoms with Crippen molar-refractivity contribution in [3.63, 3.8) is 0 Å². The molecule has 1 aliphatic rings. The summed E-state index contributed by atoms with van der Waals surface area (Å²) in [6, 6.07) is 3.96. The number of hydrogen-bond acceptors (Lipinski definition) is 5. The maximum Gasteiger partial charge on any atom is 0.239 e. The van der Waals surface area contributed by atoms with Gasteiger partial charge in [0, 0.05) is 20.1 Å². The van der Waals surface area contributed by atoms with E-state index in [1.807, 2.05) is 17.0 Å². The van der Waals surface area contributed by atoms with E-state index in [1.165, 1.54) is 12.6 Å². The molecule has 0 fully saturated rings. The highest BCUT2D eigenvalue weighted by atomic mass is 16.5. The first kappa shape index (κ1) is 17.1. The molecule has 0 aromatic heterocycles. The van der Waals surface area contributed by atoms with Crippen LogP contribution in [0.2, 0.25) is 0 Å². The van der Waals surface area contributed by atoms with Crippen molar-refractivity contribution < 1.29 is 19.1 Å². The molecule has 0 saturated heterocycles. The summed E-state index contributed by atoms with van der Waals surface area (Å²) >= 11 is 0. The van der Waals surface area contributed by atoms with Gasteiger partial charge in [-0.2, -0.15) is 0 Å². The molecule has 0 radical (unpaired) electrons. The average Bonchev–Trinajstić information content (AvgIpc) is 2.58. The van der Waals surface area contributed by atoms with Gasteiger partial charge in [0.05, 0.1) is 27.3 Å². The fourth-order valence-corrected chi connectivity index (χ4v) is 2.60. The average molecular weight is 321 g/mol. The van der Waals surface area contributed by atoms with Crippen molar-refractivity contribution >= 4 is 11.8 Å². The number of carbonyl (C=O) groups is 2. The Bertz CT molecular complexity index is 589. The highest BCUT2D eigenvalue weighted by Crippen LogP contribution is 2.33. The predicted molar refractivity (Wildman–Crippen MR) is 85.6 cm³/mol. The summed E-state index contributed by atoms with van der Waals surface area (Å²) in [7, 11) is 4.77. The van der Waals surface area contributed by atoms with Crippen LogP contribution in [0.4, 0.5) is 0 Å². The molecule has 7 heteroatoms. The number of hydrogen-bond donors (Lipinski definition) is 2. The van der Waals surface area contributed by atoms with Crippen LogP contribution in [-0.4, -0.2) is 57.6 Å². The molecule has 1 aromatic carbocycles. The summed E-state index contributed by atoms with van der Waals surface area (Å²) in [6.45, 7) is 1.73. The zero-order chi connectivity index (χ0) is 16.8. The first-order valence-electron chi connectivity index (χ1n) is 7.50. The highest BCUT2D eigenvalue weighted by molar-refractivity contribution is 5.85. The maximum atomic E-state index is 11.9. The van der Waals surface area contributed by atoms with E-state index in [9.17, 15) is 9.59 Å². The minimum Gasteiger partial charge on any atom is -0.493 e. The lowest BCUT2D eigenvalue weighted by molar-refractivity contribution is -0.126. The number of nitrogens with one attached hydrogen (secondary N) is 2. The largest absolute Gasteiger partial charge is 0.493 e. The lowest BCUT2D eigenvalue weighted by atomic mass is 9.99. The summed E-state index contributed by atoms with van der Waals surface area (Å²) in [4.78, 5) is 25.1. The van der Waals surface area contributed by atoms with Crippen molar-refractivity contribution in [3.8, 4) is 11.5 Å². The minimum absolute atomic E-state index is 0.00474. The second-order valence-corrected chi connectivity index (χ2v) is 5.39. The zero-order valence-electron chi connectivity index (χ0n) is 13.8. The van der Waals surface area contributed by atoms with Crippen molar-refractivity contribution in [1.82, 2.24) is 15.5 Å². The Morgan fingerprint density at radius 2 is 1.78 bits per heavy atom. The molecule has 2 rings (SSSR count). The SMILES string of the molecule is CNC(=O)CNC(=O)CN1CCc2cc(OC)c(OC)cc2C1. The van der Waals surface area contributed by atoms with Crippen LogP contribution in [0.1, 0.15) is 11.1 Å². The number of likely N-dealkylation sites (N-methyl/N-ethyl adjacent to an activating group) is 1. The summed E-state index contributed by atoms with van der Waals surface area (Å²) < 4.78 is 10.6. The summed E-state index contributed by atoms with van der Waals surface area (Å²) in [5, 5.41) is 5.08. The van der Waals surface area contributed by atoms with Crippen LogP contribution in [0.15, 0.2) is 12.1 Å². The monoisotopic (exact) mass is 321 g/mol. The smallest absolute Gasteiger partial charge is 0.239 e.